The number of halogens is 2. The van der Waals surface area contributed by atoms with Crippen molar-refractivity contribution in [2.24, 2.45) is 0 Å². The molecule has 0 amide bonds. The van der Waals surface area contributed by atoms with Crippen LogP contribution in [0.2, 0.25) is 10.0 Å². The number of esters is 1. The molecule has 2 rings (SSSR count). The number of fused-ring (bicyclic) bond motifs is 1. The molecule has 0 saturated carbocycles. The number of rotatable bonds is 3. The third-order valence-corrected chi connectivity index (χ3v) is 3.41. The van der Waals surface area contributed by atoms with Gasteiger partial charge in [0.25, 0.3) is 5.69 Å². The van der Waals surface area contributed by atoms with Gasteiger partial charge in [-0.2, -0.15) is 0 Å². The Morgan fingerprint density at radius 3 is 2.25 bits per heavy atom. The van der Waals surface area contributed by atoms with E-state index in [4.69, 9.17) is 27.9 Å². The maximum Gasteiger partial charge on any atom is 0.345 e. The van der Waals surface area contributed by atoms with Gasteiger partial charge in [0.2, 0.25) is 0 Å². The molecular formula is C13H9Cl2NO4. The summed E-state index contributed by atoms with van der Waals surface area (Å²) in [4.78, 5) is 22.2. The number of nitro groups is 1. The van der Waals surface area contributed by atoms with Crippen LogP contribution in [0.15, 0.2) is 24.3 Å². The van der Waals surface area contributed by atoms with E-state index in [9.17, 15) is 14.9 Å². The summed E-state index contributed by atoms with van der Waals surface area (Å²) in [5.41, 5.74) is -0.433. The summed E-state index contributed by atoms with van der Waals surface area (Å²) in [6, 6.07) is 5.73. The van der Waals surface area contributed by atoms with E-state index in [1.54, 1.807) is 13.0 Å². The van der Waals surface area contributed by atoms with Gasteiger partial charge in [0.05, 0.1) is 21.6 Å². The Labute approximate surface area is 124 Å². The quantitative estimate of drug-likeness (QED) is 0.483. The highest BCUT2D eigenvalue weighted by Gasteiger charge is 2.22. The Kier molecular flexibility index (Phi) is 4.11. The Morgan fingerprint density at radius 1 is 1.20 bits per heavy atom. The first kappa shape index (κ1) is 14.6. The second-order valence-electron chi connectivity index (χ2n) is 3.96. The van der Waals surface area contributed by atoms with Gasteiger partial charge in [0.1, 0.15) is 5.56 Å². The third-order valence-electron chi connectivity index (χ3n) is 2.69. The van der Waals surface area contributed by atoms with Crippen molar-refractivity contribution in [2.75, 3.05) is 6.61 Å². The Hall–Kier alpha value is -1.85. The molecule has 0 aliphatic heterocycles. The zero-order valence-corrected chi connectivity index (χ0v) is 11.9. The molecule has 0 radical (unpaired) electrons. The fourth-order valence-electron chi connectivity index (χ4n) is 1.81. The van der Waals surface area contributed by atoms with Crippen LogP contribution in [0.3, 0.4) is 0 Å². The van der Waals surface area contributed by atoms with Crippen molar-refractivity contribution in [1.29, 1.82) is 0 Å². The van der Waals surface area contributed by atoms with Crippen LogP contribution in [0.25, 0.3) is 10.8 Å². The number of nitrogens with zero attached hydrogens (tertiary/aromatic N) is 1. The number of hydrogen-bond acceptors (Lipinski definition) is 4. The Morgan fingerprint density at radius 2 is 1.75 bits per heavy atom. The van der Waals surface area contributed by atoms with Crippen LogP contribution in [0.4, 0.5) is 5.69 Å². The lowest BCUT2D eigenvalue weighted by atomic mass is 10.0. The average molecular weight is 314 g/mol. The van der Waals surface area contributed by atoms with E-state index >= 15 is 0 Å². The normalized spacial score (nSPS) is 10.6. The molecule has 0 bridgehead atoms. The van der Waals surface area contributed by atoms with Crippen LogP contribution in [0.1, 0.15) is 17.3 Å². The molecule has 0 fully saturated rings. The van der Waals surface area contributed by atoms with E-state index in [0.717, 1.165) is 0 Å². The van der Waals surface area contributed by atoms with Crippen molar-refractivity contribution in [3.8, 4) is 0 Å². The topological polar surface area (TPSA) is 69.4 Å². The van der Waals surface area contributed by atoms with E-state index < -0.39 is 10.9 Å². The SMILES string of the molecule is CCOC(=O)c1cc2cc(Cl)c(Cl)cc2cc1[N+](=O)[O-]. The number of ether oxygens (including phenoxy) is 1. The molecule has 0 unspecified atom stereocenters. The van der Waals surface area contributed by atoms with Crippen LogP contribution in [-0.4, -0.2) is 17.5 Å². The minimum absolute atomic E-state index is 0.109. The number of hydrogen-bond donors (Lipinski definition) is 0. The lowest BCUT2D eigenvalue weighted by molar-refractivity contribution is -0.385. The molecule has 0 atom stereocenters. The van der Waals surface area contributed by atoms with Crippen molar-refractivity contribution >= 4 is 45.6 Å². The number of carbonyl (C=O) groups excluding carboxylic acids is 1. The molecule has 0 spiro atoms. The van der Waals surface area contributed by atoms with Crippen molar-refractivity contribution in [2.45, 2.75) is 6.92 Å². The van der Waals surface area contributed by atoms with Gasteiger partial charge < -0.3 is 4.74 Å². The van der Waals surface area contributed by atoms with Crippen LogP contribution < -0.4 is 0 Å². The lowest BCUT2D eigenvalue weighted by Gasteiger charge is -2.06. The molecule has 20 heavy (non-hydrogen) atoms. The molecule has 7 heteroatoms. The van der Waals surface area contributed by atoms with E-state index in [1.807, 2.05) is 0 Å². The van der Waals surface area contributed by atoms with Gasteiger partial charge in [-0.25, -0.2) is 4.79 Å². The first-order chi connectivity index (χ1) is 9.43. The summed E-state index contributed by atoms with van der Waals surface area (Å²) < 4.78 is 4.82. The molecule has 2 aromatic carbocycles. The summed E-state index contributed by atoms with van der Waals surface area (Å²) in [5.74, 6) is -0.743. The highest BCUT2D eigenvalue weighted by atomic mass is 35.5. The number of nitro benzene ring substituents is 1. The average Bonchev–Trinajstić information content (AvgIpc) is 2.39. The van der Waals surface area contributed by atoms with Crippen molar-refractivity contribution in [1.82, 2.24) is 0 Å². The standard InChI is InChI=1S/C13H9Cl2NO4/c1-2-20-13(17)9-3-7-4-10(14)11(15)5-8(7)6-12(9)16(18)19/h3-6H,2H2,1H3. The van der Waals surface area contributed by atoms with Crippen LogP contribution in [0.5, 0.6) is 0 Å². The molecular weight excluding hydrogens is 305 g/mol. The van der Waals surface area contributed by atoms with Crippen LogP contribution >= 0.6 is 23.2 Å². The second kappa shape index (κ2) is 5.64. The summed E-state index contributed by atoms with van der Waals surface area (Å²) in [7, 11) is 0. The monoisotopic (exact) mass is 313 g/mol. The van der Waals surface area contributed by atoms with Crippen molar-refractivity contribution in [3.63, 3.8) is 0 Å². The molecule has 0 N–H and O–H groups in total. The summed E-state index contributed by atoms with van der Waals surface area (Å²) in [6.45, 7) is 1.76. The molecule has 0 heterocycles. The fourth-order valence-corrected chi connectivity index (χ4v) is 2.15. The van der Waals surface area contributed by atoms with Gasteiger partial charge in [-0.15, -0.1) is 0 Å². The van der Waals surface area contributed by atoms with E-state index in [-0.39, 0.29) is 22.9 Å². The molecule has 2 aromatic rings. The molecule has 0 aliphatic rings. The Balaban J connectivity index is 2.72. The highest BCUT2D eigenvalue weighted by Crippen LogP contribution is 2.32. The summed E-state index contributed by atoms with van der Waals surface area (Å²) in [5, 5.41) is 12.8. The predicted molar refractivity (Wildman–Crippen MR) is 76.6 cm³/mol. The van der Waals surface area contributed by atoms with Crippen molar-refractivity contribution in [3.05, 3.63) is 50.0 Å². The summed E-state index contributed by atoms with van der Waals surface area (Å²) >= 11 is 11.8. The van der Waals surface area contributed by atoms with Gasteiger partial charge in [0, 0.05) is 6.07 Å². The van der Waals surface area contributed by atoms with Gasteiger partial charge in [0.15, 0.2) is 0 Å². The van der Waals surface area contributed by atoms with Gasteiger partial charge in [-0.1, -0.05) is 23.2 Å². The lowest BCUT2D eigenvalue weighted by Crippen LogP contribution is -2.08. The number of carbonyl (C=O) groups is 1. The summed E-state index contributed by atoms with van der Waals surface area (Å²) in [6.07, 6.45) is 0. The van der Waals surface area contributed by atoms with E-state index in [0.29, 0.717) is 15.8 Å². The third kappa shape index (κ3) is 2.69. The van der Waals surface area contributed by atoms with Crippen LogP contribution in [0, 0.1) is 10.1 Å². The zero-order chi connectivity index (χ0) is 14.9. The van der Waals surface area contributed by atoms with Gasteiger partial charge >= 0.3 is 5.97 Å². The molecule has 104 valence electrons. The largest absolute Gasteiger partial charge is 0.462 e. The molecule has 0 saturated heterocycles. The minimum Gasteiger partial charge on any atom is -0.462 e. The second-order valence-corrected chi connectivity index (χ2v) is 4.77. The number of benzene rings is 2. The molecule has 5 nitrogen and oxygen atoms in total. The van der Waals surface area contributed by atoms with E-state index in [2.05, 4.69) is 0 Å². The van der Waals surface area contributed by atoms with Gasteiger partial charge in [-0.05, 0) is 35.9 Å². The predicted octanol–water partition coefficient (Wildman–Crippen LogP) is 4.23. The first-order valence-electron chi connectivity index (χ1n) is 5.68. The maximum atomic E-state index is 11.8. The molecule has 0 aromatic heterocycles. The van der Waals surface area contributed by atoms with E-state index in [1.165, 1.54) is 18.2 Å². The smallest absolute Gasteiger partial charge is 0.345 e. The van der Waals surface area contributed by atoms with Gasteiger partial charge in [-0.3, -0.25) is 10.1 Å². The zero-order valence-electron chi connectivity index (χ0n) is 10.4. The molecule has 0 aliphatic carbocycles. The van der Waals surface area contributed by atoms with Crippen LogP contribution in [-0.2, 0) is 4.74 Å². The highest BCUT2D eigenvalue weighted by molar-refractivity contribution is 6.42. The first-order valence-corrected chi connectivity index (χ1v) is 6.44. The Bertz CT molecular complexity index is 715. The van der Waals surface area contributed by atoms with Crippen molar-refractivity contribution < 1.29 is 14.5 Å². The minimum atomic E-state index is -0.743. The fraction of sp³-hybridized carbons (Fsp3) is 0.154. The maximum absolute atomic E-state index is 11.8.